The second kappa shape index (κ2) is 5.12. The number of carbonyl (C=O) groups is 2. The van der Waals surface area contributed by atoms with Crippen LogP contribution in [0.2, 0.25) is 0 Å². The summed E-state index contributed by atoms with van der Waals surface area (Å²) in [5.74, 6) is -1.41. The van der Waals surface area contributed by atoms with Crippen molar-refractivity contribution >= 4 is 11.9 Å². The third-order valence-electron chi connectivity index (χ3n) is 4.64. The van der Waals surface area contributed by atoms with Gasteiger partial charge >= 0.3 is 11.9 Å². The van der Waals surface area contributed by atoms with Crippen molar-refractivity contribution in [3.05, 3.63) is 0 Å². The van der Waals surface area contributed by atoms with Gasteiger partial charge in [0.05, 0.1) is 26.1 Å². The molecule has 0 spiro atoms. The molecule has 0 radical (unpaired) electrons. The Morgan fingerprint density at radius 2 is 1.79 bits per heavy atom. The van der Waals surface area contributed by atoms with E-state index >= 15 is 0 Å². The summed E-state index contributed by atoms with van der Waals surface area (Å²) in [6, 6.07) is 0.0674. The highest BCUT2D eigenvalue weighted by Gasteiger charge is 2.56. The Morgan fingerprint density at radius 3 is 2.37 bits per heavy atom. The molecule has 1 unspecified atom stereocenters. The maximum Gasteiger partial charge on any atom is 0.311 e. The van der Waals surface area contributed by atoms with Crippen LogP contribution in [0.15, 0.2) is 0 Å². The molecule has 108 valence electrons. The Hall–Kier alpha value is -1.10. The lowest BCUT2D eigenvalue weighted by Crippen LogP contribution is -2.50. The summed E-state index contributed by atoms with van der Waals surface area (Å²) in [5, 5.41) is 0. The Kier molecular flexibility index (Phi) is 3.85. The van der Waals surface area contributed by atoms with Crippen molar-refractivity contribution in [2.45, 2.75) is 32.7 Å². The number of carbonyl (C=O) groups excluding carboxylic acids is 2. The Bertz CT molecular complexity index is 380. The molecular formula is C14H23NO4. The van der Waals surface area contributed by atoms with Crippen LogP contribution < -0.4 is 0 Å². The fourth-order valence-electron chi connectivity index (χ4n) is 3.83. The van der Waals surface area contributed by atoms with E-state index in [-0.39, 0.29) is 23.4 Å². The molecule has 0 aromatic heterocycles. The number of fused-ring (bicyclic) bond motifs is 1. The summed E-state index contributed by atoms with van der Waals surface area (Å²) in [5.41, 5.74) is 0.0138. The van der Waals surface area contributed by atoms with E-state index < -0.39 is 11.8 Å². The third-order valence-corrected chi connectivity index (χ3v) is 4.64. The average molecular weight is 269 g/mol. The number of methoxy groups -OCH3 is 2. The van der Waals surface area contributed by atoms with E-state index in [1.807, 2.05) is 0 Å². The van der Waals surface area contributed by atoms with Gasteiger partial charge < -0.3 is 9.47 Å². The second-order valence-electron chi connectivity index (χ2n) is 6.21. The first kappa shape index (κ1) is 14.3. The summed E-state index contributed by atoms with van der Waals surface area (Å²) in [7, 11) is 2.76. The number of hydrogen-bond acceptors (Lipinski definition) is 5. The van der Waals surface area contributed by atoms with Gasteiger partial charge in [0.15, 0.2) is 0 Å². The van der Waals surface area contributed by atoms with Gasteiger partial charge in [0.1, 0.15) is 0 Å². The Morgan fingerprint density at radius 1 is 1.16 bits per heavy atom. The zero-order valence-corrected chi connectivity index (χ0v) is 12.1. The average Bonchev–Trinajstić information content (AvgIpc) is 2.77. The molecule has 0 bridgehead atoms. The molecule has 19 heavy (non-hydrogen) atoms. The topological polar surface area (TPSA) is 55.8 Å². The normalized spacial score (nSPS) is 33.6. The molecule has 2 saturated heterocycles. The Balaban J connectivity index is 2.34. The molecule has 0 aliphatic carbocycles. The number of ether oxygens (including phenoxy) is 2. The first-order valence-corrected chi connectivity index (χ1v) is 6.82. The van der Waals surface area contributed by atoms with E-state index in [0.717, 1.165) is 19.4 Å². The zero-order valence-electron chi connectivity index (χ0n) is 12.1. The molecule has 2 aliphatic heterocycles. The summed E-state index contributed by atoms with van der Waals surface area (Å²) in [6.45, 7) is 5.87. The summed E-state index contributed by atoms with van der Waals surface area (Å²) < 4.78 is 9.79. The van der Waals surface area contributed by atoms with Crippen LogP contribution >= 0.6 is 0 Å². The van der Waals surface area contributed by atoms with Gasteiger partial charge in [0.25, 0.3) is 0 Å². The first-order chi connectivity index (χ1) is 8.92. The minimum Gasteiger partial charge on any atom is -0.469 e. The van der Waals surface area contributed by atoms with E-state index in [1.165, 1.54) is 14.2 Å². The molecule has 2 fully saturated rings. The smallest absolute Gasteiger partial charge is 0.311 e. The van der Waals surface area contributed by atoms with E-state index in [2.05, 4.69) is 18.7 Å². The van der Waals surface area contributed by atoms with Crippen LogP contribution in [-0.2, 0) is 19.1 Å². The van der Waals surface area contributed by atoms with Gasteiger partial charge in [0.2, 0.25) is 0 Å². The van der Waals surface area contributed by atoms with Crippen molar-refractivity contribution in [1.29, 1.82) is 0 Å². The largest absolute Gasteiger partial charge is 0.469 e. The fourth-order valence-corrected chi connectivity index (χ4v) is 3.83. The highest BCUT2D eigenvalue weighted by Crippen LogP contribution is 2.46. The standard InChI is InChI=1S/C14H23NO4/c1-14(2)6-5-7-15-8-9(12(16)18-3)10(11(14)15)13(17)19-4/h9-11H,5-8H2,1-4H3/t9-,10-,11?/m0/s1. The van der Waals surface area contributed by atoms with Crippen LogP contribution in [-0.4, -0.2) is 50.2 Å². The highest BCUT2D eigenvalue weighted by molar-refractivity contribution is 5.83. The molecule has 2 rings (SSSR count). The van der Waals surface area contributed by atoms with Crippen molar-refractivity contribution in [2.24, 2.45) is 17.3 Å². The van der Waals surface area contributed by atoms with Crippen LogP contribution in [0.5, 0.6) is 0 Å². The quantitative estimate of drug-likeness (QED) is 0.702. The van der Waals surface area contributed by atoms with Gasteiger partial charge in [-0.05, 0) is 24.8 Å². The van der Waals surface area contributed by atoms with Crippen molar-refractivity contribution in [3.63, 3.8) is 0 Å². The van der Waals surface area contributed by atoms with Crippen molar-refractivity contribution in [3.8, 4) is 0 Å². The van der Waals surface area contributed by atoms with Crippen LogP contribution in [0.25, 0.3) is 0 Å². The highest BCUT2D eigenvalue weighted by atomic mass is 16.5. The van der Waals surface area contributed by atoms with Gasteiger partial charge in [0, 0.05) is 12.6 Å². The van der Waals surface area contributed by atoms with Crippen molar-refractivity contribution in [1.82, 2.24) is 4.90 Å². The third kappa shape index (κ3) is 2.36. The van der Waals surface area contributed by atoms with Gasteiger partial charge in [-0.3, -0.25) is 14.5 Å². The molecule has 5 nitrogen and oxygen atoms in total. The van der Waals surface area contributed by atoms with Gasteiger partial charge in [-0.1, -0.05) is 13.8 Å². The van der Waals surface area contributed by atoms with E-state index in [4.69, 9.17) is 9.47 Å². The predicted molar refractivity (Wildman–Crippen MR) is 69.4 cm³/mol. The van der Waals surface area contributed by atoms with Crippen molar-refractivity contribution < 1.29 is 19.1 Å². The van der Waals surface area contributed by atoms with E-state index in [1.54, 1.807) is 0 Å². The van der Waals surface area contributed by atoms with Crippen LogP contribution in [0.3, 0.4) is 0 Å². The molecule has 2 heterocycles. The van der Waals surface area contributed by atoms with Crippen LogP contribution in [0, 0.1) is 17.3 Å². The number of hydrogen-bond donors (Lipinski definition) is 0. The minimum atomic E-state index is -0.409. The maximum absolute atomic E-state index is 12.1. The second-order valence-corrected chi connectivity index (χ2v) is 6.21. The number of rotatable bonds is 2. The first-order valence-electron chi connectivity index (χ1n) is 6.82. The number of piperidine rings is 1. The van der Waals surface area contributed by atoms with Crippen LogP contribution in [0.1, 0.15) is 26.7 Å². The summed E-state index contributed by atoms with van der Waals surface area (Å²) in [6.07, 6.45) is 2.17. The SMILES string of the molecule is COC(=O)[C@H]1CN2CCCC(C)(C)C2[C@H]1C(=O)OC. The minimum absolute atomic E-state index is 0.0138. The van der Waals surface area contributed by atoms with Gasteiger partial charge in [-0.15, -0.1) is 0 Å². The fraction of sp³-hybridized carbons (Fsp3) is 0.857. The molecule has 0 saturated carbocycles. The predicted octanol–water partition coefficient (Wildman–Crippen LogP) is 1.07. The maximum atomic E-state index is 12.1. The molecule has 0 amide bonds. The van der Waals surface area contributed by atoms with E-state index in [0.29, 0.717) is 6.54 Å². The molecule has 0 aromatic rings. The summed E-state index contributed by atoms with van der Waals surface area (Å²) >= 11 is 0. The lowest BCUT2D eigenvalue weighted by Gasteiger charge is -2.44. The summed E-state index contributed by atoms with van der Waals surface area (Å²) in [4.78, 5) is 26.3. The molecule has 0 aromatic carbocycles. The lowest BCUT2D eigenvalue weighted by atomic mass is 9.71. The monoisotopic (exact) mass is 269 g/mol. The number of esters is 2. The molecule has 3 atom stereocenters. The van der Waals surface area contributed by atoms with Crippen LogP contribution in [0.4, 0.5) is 0 Å². The van der Waals surface area contributed by atoms with E-state index in [9.17, 15) is 9.59 Å². The van der Waals surface area contributed by atoms with Crippen molar-refractivity contribution in [2.75, 3.05) is 27.3 Å². The molecule has 5 heteroatoms. The molecular weight excluding hydrogens is 246 g/mol. The Labute approximate surface area is 114 Å². The number of nitrogens with zero attached hydrogens (tertiary/aromatic N) is 1. The molecule has 0 N–H and O–H groups in total. The zero-order chi connectivity index (χ0) is 14.2. The molecule has 2 aliphatic rings. The van der Waals surface area contributed by atoms with Gasteiger partial charge in [-0.2, -0.15) is 0 Å². The van der Waals surface area contributed by atoms with Gasteiger partial charge in [-0.25, -0.2) is 0 Å². The lowest BCUT2D eigenvalue weighted by molar-refractivity contribution is -0.157.